The summed E-state index contributed by atoms with van der Waals surface area (Å²) < 4.78 is 1.96. The second-order valence-corrected chi connectivity index (χ2v) is 6.93. The normalized spacial score (nSPS) is 20.8. The van der Waals surface area contributed by atoms with E-state index in [0.717, 1.165) is 48.4 Å². The zero-order valence-corrected chi connectivity index (χ0v) is 16.4. The van der Waals surface area contributed by atoms with Crippen LogP contribution in [0.25, 0.3) is 16.9 Å². The number of amides is 1. The molecule has 2 aliphatic heterocycles. The molecule has 5 rings (SSSR count). The van der Waals surface area contributed by atoms with Crippen LogP contribution in [0.4, 0.5) is 0 Å². The quantitative estimate of drug-likeness (QED) is 0.711. The van der Waals surface area contributed by atoms with Crippen LogP contribution in [-0.4, -0.2) is 45.4 Å². The van der Waals surface area contributed by atoms with E-state index in [9.17, 15) is 4.79 Å². The molecule has 7 heteroatoms. The van der Waals surface area contributed by atoms with E-state index in [1.54, 1.807) is 0 Å². The average Bonchev–Trinajstić information content (AvgIpc) is 3.19. The number of hydrogen-bond acceptors (Lipinski definition) is 3. The third kappa shape index (κ3) is 3.43. The van der Waals surface area contributed by atoms with Crippen LogP contribution in [0.3, 0.4) is 0 Å². The van der Waals surface area contributed by atoms with Gasteiger partial charge in [-0.15, -0.1) is 24.8 Å². The van der Waals surface area contributed by atoms with Gasteiger partial charge in [0.05, 0.1) is 11.3 Å². The molecule has 0 spiro atoms. The van der Waals surface area contributed by atoms with Gasteiger partial charge in [0.25, 0.3) is 5.91 Å². The van der Waals surface area contributed by atoms with Gasteiger partial charge < -0.3 is 14.6 Å². The molecular formula is C20H22Cl2N4O. The molecule has 0 aliphatic carbocycles. The Labute approximate surface area is 170 Å². The molecule has 1 aromatic carbocycles. The molecule has 2 aromatic heterocycles. The third-order valence-corrected chi connectivity index (χ3v) is 5.38. The Hall–Kier alpha value is -2.08. The van der Waals surface area contributed by atoms with Crippen molar-refractivity contribution in [1.82, 2.24) is 19.6 Å². The Bertz CT molecular complexity index is 928. The fraction of sp³-hybridized carbons (Fsp3) is 0.300. The molecule has 27 heavy (non-hydrogen) atoms. The van der Waals surface area contributed by atoms with E-state index >= 15 is 0 Å². The van der Waals surface area contributed by atoms with Gasteiger partial charge >= 0.3 is 0 Å². The number of nitrogens with one attached hydrogen (secondary N) is 1. The van der Waals surface area contributed by atoms with Gasteiger partial charge in [-0.05, 0) is 25.0 Å². The number of rotatable bonds is 2. The minimum atomic E-state index is 0. The van der Waals surface area contributed by atoms with Crippen LogP contribution < -0.4 is 5.32 Å². The number of piperazine rings is 1. The van der Waals surface area contributed by atoms with Crippen molar-refractivity contribution in [3.8, 4) is 11.3 Å². The van der Waals surface area contributed by atoms with Crippen LogP contribution in [0.2, 0.25) is 0 Å². The highest BCUT2D eigenvalue weighted by molar-refractivity contribution is 5.95. The second-order valence-electron chi connectivity index (χ2n) is 6.93. The first-order valence-electron chi connectivity index (χ1n) is 8.87. The number of carbonyl (C=O) groups is 1. The van der Waals surface area contributed by atoms with Crippen molar-refractivity contribution < 1.29 is 4.79 Å². The fourth-order valence-corrected chi connectivity index (χ4v) is 4.13. The highest BCUT2D eigenvalue weighted by Gasteiger charge is 2.39. The SMILES string of the molecule is Cl.Cl.O=C(c1ccc2nc(-c3ccccc3)cn2c1)N1[C@@H]2CC[C@H]1CNC2. The maximum atomic E-state index is 13.0. The van der Waals surface area contributed by atoms with Crippen LogP contribution in [0.5, 0.6) is 0 Å². The zero-order valence-electron chi connectivity index (χ0n) is 14.7. The third-order valence-electron chi connectivity index (χ3n) is 5.38. The minimum absolute atomic E-state index is 0. The Morgan fingerprint density at radius 3 is 2.37 bits per heavy atom. The van der Waals surface area contributed by atoms with Crippen LogP contribution in [-0.2, 0) is 0 Å². The summed E-state index contributed by atoms with van der Waals surface area (Å²) in [6, 6.07) is 14.6. The van der Waals surface area contributed by atoms with Gasteiger partial charge in [0.2, 0.25) is 0 Å². The van der Waals surface area contributed by atoms with Crippen molar-refractivity contribution in [3.63, 3.8) is 0 Å². The van der Waals surface area contributed by atoms with E-state index in [1.165, 1.54) is 0 Å². The molecule has 0 unspecified atom stereocenters. The number of halogens is 2. The summed E-state index contributed by atoms with van der Waals surface area (Å²) in [5, 5.41) is 3.43. The Kier molecular flexibility index (Phi) is 5.75. The molecule has 2 bridgehead atoms. The zero-order chi connectivity index (χ0) is 16.8. The number of fused-ring (bicyclic) bond motifs is 3. The molecule has 2 atom stereocenters. The van der Waals surface area contributed by atoms with Crippen molar-refractivity contribution in [3.05, 3.63) is 60.4 Å². The molecule has 2 fully saturated rings. The molecule has 1 amide bonds. The van der Waals surface area contributed by atoms with Gasteiger partial charge in [0.15, 0.2) is 0 Å². The maximum absolute atomic E-state index is 13.0. The van der Waals surface area contributed by atoms with Crippen molar-refractivity contribution >= 4 is 36.4 Å². The standard InChI is InChI=1S/C20H20N4O.2ClH/c25-20(24-16-7-8-17(24)11-21-10-16)15-6-9-19-22-18(13-23(19)12-15)14-4-2-1-3-5-14;;/h1-6,9,12-13,16-17,21H,7-8,10-11H2;2*1H/t16-,17+;;. The summed E-state index contributed by atoms with van der Waals surface area (Å²) in [5.41, 5.74) is 3.61. The van der Waals surface area contributed by atoms with E-state index < -0.39 is 0 Å². The van der Waals surface area contributed by atoms with E-state index in [2.05, 4.69) is 15.2 Å². The lowest BCUT2D eigenvalue weighted by molar-refractivity contribution is 0.0619. The van der Waals surface area contributed by atoms with Gasteiger partial charge in [0, 0.05) is 43.1 Å². The van der Waals surface area contributed by atoms with Crippen molar-refractivity contribution in [2.45, 2.75) is 24.9 Å². The van der Waals surface area contributed by atoms with Gasteiger partial charge in [-0.2, -0.15) is 0 Å². The number of aromatic nitrogens is 2. The molecule has 3 aromatic rings. The van der Waals surface area contributed by atoms with E-state index in [-0.39, 0.29) is 30.7 Å². The van der Waals surface area contributed by atoms with Crippen molar-refractivity contribution in [2.75, 3.05) is 13.1 Å². The van der Waals surface area contributed by atoms with Crippen LogP contribution in [0.15, 0.2) is 54.9 Å². The van der Waals surface area contributed by atoms with Gasteiger partial charge in [0.1, 0.15) is 5.65 Å². The number of nitrogens with zero attached hydrogens (tertiary/aromatic N) is 3. The van der Waals surface area contributed by atoms with Gasteiger partial charge in [-0.25, -0.2) is 4.98 Å². The number of hydrogen-bond donors (Lipinski definition) is 1. The van der Waals surface area contributed by atoms with E-state index in [1.807, 2.05) is 59.3 Å². The molecule has 142 valence electrons. The molecular weight excluding hydrogens is 383 g/mol. The molecule has 2 saturated heterocycles. The van der Waals surface area contributed by atoms with E-state index in [4.69, 9.17) is 0 Å². The largest absolute Gasteiger partial charge is 0.330 e. The monoisotopic (exact) mass is 404 g/mol. The predicted octanol–water partition coefficient (Wildman–Crippen LogP) is 3.42. The Morgan fingerprint density at radius 2 is 1.67 bits per heavy atom. The van der Waals surface area contributed by atoms with Crippen LogP contribution in [0.1, 0.15) is 23.2 Å². The molecule has 5 nitrogen and oxygen atoms in total. The van der Waals surface area contributed by atoms with Crippen LogP contribution in [0, 0.1) is 0 Å². The first-order chi connectivity index (χ1) is 12.3. The lowest BCUT2D eigenvalue weighted by atomic mass is 10.1. The minimum Gasteiger partial charge on any atom is -0.330 e. The molecule has 2 aliphatic rings. The number of carbonyl (C=O) groups excluding carboxylic acids is 1. The van der Waals surface area contributed by atoms with Crippen LogP contribution >= 0.6 is 24.8 Å². The lowest BCUT2D eigenvalue weighted by Gasteiger charge is -2.35. The fourth-order valence-electron chi connectivity index (χ4n) is 4.13. The highest BCUT2D eigenvalue weighted by Crippen LogP contribution is 2.28. The topological polar surface area (TPSA) is 49.6 Å². The first kappa shape index (κ1) is 19.7. The highest BCUT2D eigenvalue weighted by atomic mass is 35.5. The summed E-state index contributed by atoms with van der Waals surface area (Å²) in [6.07, 6.45) is 6.12. The number of imidazole rings is 1. The van der Waals surface area contributed by atoms with Gasteiger partial charge in [-0.1, -0.05) is 30.3 Å². The molecule has 0 saturated carbocycles. The second kappa shape index (κ2) is 7.89. The molecule has 4 heterocycles. The van der Waals surface area contributed by atoms with Crippen molar-refractivity contribution in [2.24, 2.45) is 0 Å². The Morgan fingerprint density at radius 1 is 0.963 bits per heavy atom. The van der Waals surface area contributed by atoms with Crippen molar-refractivity contribution in [1.29, 1.82) is 0 Å². The predicted molar refractivity (Wildman–Crippen MR) is 111 cm³/mol. The van der Waals surface area contributed by atoms with E-state index in [0.29, 0.717) is 12.1 Å². The lowest BCUT2D eigenvalue weighted by Crippen LogP contribution is -2.54. The maximum Gasteiger partial charge on any atom is 0.255 e. The average molecular weight is 405 g/mol. The molecule has 1 N–H and O–H groups in total. The summed E-state index contributed by atoms with van der Waals surface area (Å²) in [7, 11) is 0. The number of pyridine rings is 1. The summed E-state index contributed by atoms with van der Waals surface area (Å²) in [5.74, 6) is 0.144. The summed E-state index contributed by atoms with van der Waals surface area (Å²) in [6.45, 7) is 1.82. The summed E-state index contributed by atoms with van der Waals surface area (Å²) in [4.78, 5) is 19.8. The first-order valence-corrected chi connectivity index (χ1v) is 8.87. The molecule has 0 radical (unpaired) electrons. The summed E-state index contributed by atoms with van der Waals surface area (Å²) >= 11 is 0. The number of benzene rings is 1. The van der Waals surface area contributed by atoms with Gasteiger partial charge in [-0.3, -0.25) is 4.79 Å². The Balaban J connectivity index is 0.00000105. The smallest absolute Gasteiger partial charge is 0.255 e.